The van der Waals surface area contributed by atoms with Gasteiger partial charge in [0.15, 0.2) is 22.8 Å². The summed E-state index contributed by atoms with van der Waals surface area (Å²) >= 11 is 0. The van der Waals surface area contributed by atoms with E-state index in [0.29, 0.717) is 41.7 Å². The Kier molecular flexibility index (Phi) is 7.36. The topological polar surface area (TPSA) is 119 Å². The van der Waals surface area contributed by atoms with E-state index in [-0.39, 0.29) is 40.8 Å². The number of carboxylic acids is 1. The number of hydrogen-bond acceptors (Lipinski definition) is 7. The third kappa shape index (κ3) is 4.47. The van der Waals surface area contributed by atoms with Gasteiger partial charge in [-0.3, -0.25) is 9.59 Å². The zero-order chi connectivity index (χ0) is 33.6. The molecule has 1 spiro atoms. The molecule has 6 aliphatic rings. The van der Waals surface area contributed by atoms with Crippen molar-refractivity contribution < 1.29 is 38.8 Å². The summed E-state index contributed by atoms with van der Waals surface area (Å²) in [5.41, 5.74) is -0.952. The number of carbonyl (C=O) groups excluding carboxylic acids is 2. The first-order chi connectivity index (χ1) is 21.5. The average Bonchev–Trinajstić information content (AvgIpc) is 3.12. The van der Waals surface area contributed by atoms with Crippen LogP contribution in [0.1, 0.15) is 103 Å². The summed E-state index contributed by atoms with van der Waals surface area (Å²) < 4.78 is 20.6. The van der Waals surface area contributed by atoms with Crippen LogP contribution >= 0.6 is 0 Å². The van der Waals surface area contributed by atoms with Gasteiger partial charge in [0.05, 0.1) is 11.2 Å². The van der Waals surface area contributed by atoms with E-state index in [4.69, 9.17) is 14.2 Å². The molecule has 0 aromatic heterocycles. The van der Waals surface area contributed by atoms with E-state index in [1.165, 1.54) is 18.6 Å². The summed E-state index contributed by atoms with van der Waals surface area (Å²) in [6.45, 7) is 15.4. The lowest BCUT2D eigenvalue weighted by atomic mass is 9.51. The van der Waals surface area contributed by atoms with Crippen LogP contribution in [0.25, 0.3) is 6.08 Å². The van der Waals surface area contributed by atoms with Crippen molar-refractivity contribution in [2.45, 2.75) is 110 Å². The molecule has 4 bridgehead atoms. The molecule has 1 saturated carbocycles. The van der Waals surface area contributed by atoms with E-state index in [1.54, 1.807) is 6.08 Å². The second kappa shape index (κ2) is 10.6. The Morgan fingerprint density at radius 1 is 1.00 bits per heavy atom. The quantitative estimate of drug-likeness (QED) is 0.228. The van der Waals surface area contributed by atoms with E-state index >= 15 is 0 Å². The standard InChI is InChI=1S/C38H44O8/c1-20(2)10-9-15-36(8)16-14-24-29(39)28-30(40)26-18-23-19-27-35(6,7)46-37(33(23)41,17-13-22(5)34(42)43)38(26,27)45-32(28)25(31(24)44-36)12-11-21(3)4/h10-11,13-14,16,18,23,27,39H,9,12,15,17,19H2,1-8H3,(H,42,43)/b22-13-/t23-,27+,36?,37+,38-/m1/s1. The molecule has 3 aliphatic carbocycles. The zero-order valence-corrected chi connectivity index (χ0v) is 28.0. The normalized spacial score (nSPS) is 31.2. The number of Topliss-reactive ketones (excluding diaryl/α,β-unsaturated/α-hetero) is 2. The van der Waals surface area contributed by atoms with Gasteiger partial charge >= 0.3 is 5.97 Å². The van der Waals surface area contributed by atoms with Crippen LogP contribution in [0.15, 0.2) is 52.7 Å². The lowest BCUT2D eigenvalue weighted by Gasteiger charge is -2.56. The highest BCUT2D eigenvalue weighted by molar-refractivity contribution is 6.19. The summed E-state index contributed by atoms with van der Waals surface area (Å²) in [6.07, 6.45) is 13.4. The maximum Gasteiger partial charge on any atom is 0.330 e. The molecule has 46 heavy (non-hydrogen) atoms. The molecule has 7 rings (SSSR count). The molecule has 3 aliphatic heterocycles. The van der Waals surface area contributed by atoms with Crippen LogP contribution < -0.4 is 9.47 Å². The Labute approximate surface area is 270 Å². The third-order valence-corrected chi connectivity index (χ3v) is 10.5. The maximum absolute atomic E-state index is 14.7. The minimum atomic E-state index is -1.63. The van der Waals surface area contributed by atoms with Gasteiger partial charge < -0.3 is 24.4 Å². The van der Waals surface area contributed by atoms with Crippen LogP contribution in [-0.2, 0) is 20.7 Å². The van der Waals surface area contributed by atoms with Crippen molar-refractivity contribution in [1.82, 2.24) is 0 Å². The van der Waals surface area contributed by atoms with E-state index in [2.05, 4.69) is 19.9 Å². The summed E-state index contributed by atoms with van der Waals surface area (Å²) in [6, 6.07) is 0. The van der Waals surface area contributed by atoms with Crippen molar-refractivity contribution in [2.24, 2.45) is 11.8 Å². The number of aliphatic carboxylic acids is 1. The summed E-state index contributed by atoms with van der Waals surface area (Å²) in [5, 5.41) is 21.4. The third-order valence-electron chi connectivity index (χ3n) is 10.5. The molecular formula is C38H44O8. The molecule has 3 heterocycles. The Balaban J connectivity index is 1.59. The van der Waals surface area contributed by atoms with Crippen molar-refractivity contribution in [3.05, 3.63) is 69.4 Å². The van der Waals surface area contributed by atoms with E-state index < -0.39 is 40.1 Å². The molecule has 1 saturated heterocycles. The maximum atomic E-state index is 14.7. The second-order valence-corrected chi connectivity index (χ2v) is 14.8. The van der Waals surface area contributed by atoms with E-state index in [0.717, 1.165) is 12.0 Å². The van der Waals surface area contributed by atoms with Crippen molar-refractivity contribution in [1.29, 1.82) is 0 Å². The first kappa shape index (κ1) is 32.0. The number of hydrogen-bond donors (Lipinski definition) is 2. The number of benzene rings is 1. The van der Waals surface area contributed by atoms with Crippen molar-refractivity contribution in [3.8, 4) is 17.2 Å². The van der Waals surface area contributed by atoms with Gasteiger partial charge in [0, 0.05) is 35.0 Å². The Hall–Kier alpha value is -3.91. The number of carbonyl (C=O) groups is 3. The smallest absolute Gasteiger partial charge is 0.330 e. The average molecular weight is 629 g/mol. The van der Waals surface area contributed by atoms with Crippen LogP contribution in [0.2, 0.25) is 0 Å². The number of phenols is 1. The highest BCUT2D eigenvalue weighted by atomic mass is 16.6. The van der Waals surface area contributed by atoms with Gasteiger partial charge in [0.25, 0.3) is 0 Å². The van der Waals surface area contributed by atoms with Crippen LogP contribution in [-0.4, -0.2) is 50.2 Å². The molecule has 1 unspecified atom stereocenters. The van der Waals surface area contributed by atoms with Gasteiger partial charge in [-0.1, -0.05) is 35.5 Å². The van der Waals surface area contributed by atoms with Crippen molar-refractivity contribution in [2.75, 3.05) is 0 Å². The number of ketones is 2. The first-order valence-corrected chi connectivity index (χ1v) is 16.2. The van der Waals surface area contributed by atoms with Crippen LogP contribution in [0.5, 0.6) is 17.2 Å². The molecule has 2 fully saturated rings. The molecule has 1 aromatic rings. The second-order valence-electron chi connectivity index (χ2n) is 14.8. The minimum Gasteiger partial charge on any atom is -0.506 e. The fourth-order valence-electron chi connectivity index (χ4n) is 8.17. The molecule has 0 amide bonds. The number of fused-ring (bicyclic) bond motifs is 2. The molecule has 0 radical (unpaired) electrons. The zero-order valence-electron chi connectivity index (χ0n) is 28.0. The van der Waals surface area contributed by atoms with Crippen LogP contribution in [0, 0.1) is 11.8 Å². The summed E-state index contributed by atoms with van der Waals surface area (Å²) in [4.78, 5) is 40.8. The molecule has 8 nitrogen and oxygen atoms in total. The van der Waals surface area contributed by atoms with Gasteiger partial charge in [-0.25, -0.2) is 4.79 Å². The molecular weight excluding hydrogens is 584 g/mol. The molecule has 5 atom stereocenters. The summed E-state index contributed by atoms with van der Waals surface area (Å²) in [5.74, 6) is -2.28. The van der Waals surface area contributed by atoms with Gasteiger partial charge in [0.2, 0.25) is 0 Å². The van der Waals surface area contributed by atoms with Gasteiger partial charge in [-0.05, 0) is 93.2 Å². The monoisotopic (exact) mass is 628 g/mol. The van der Waals surface area contributed by atoms with Crippen molar-refractivity contribution in [3.63, 3.8) is 0 Å². The van der Waals surface area contributed by atoms with Crippen LogP contribution in [0.4, 0.5) is 0 Å². The molecule has 244 valence electrons. The first-order valence-electron chi connectivity index (χ1n) is 16.2. The number of rotatable bonds is 8. The molecule has 8 heteroatoms. The molecule has 1 aromatic carbocycles. The predicted octanol–water partition coefficient (Wildman–Crippen LogP) is 7.24. The largest absolute Gasteiger partial charge is 0.506 e. The lowest BCUT2D eigenvalue weighted by Crippen LogP contribution is -2.72. The highest BCUT2D eigenvalue weighted by Crippen LogP contribution is 2.68. The fourth-order valence-corrected chi connectivity index (χ4v) is 8.17. The number of allylic oxidation sites excluding steroid dienone is 5. The molecule has 2 N–H and O–H groups in total. The Bertz CT molecular complexity index is 1730. The predicted molar refractivity (Wildman–Crippen MR) is 174 cm³/mol. The Morgan fingerprint density at radius 2 is 1.70 bits per heavy atom. The number of aromatic hydroxyl groups is 1. The number of phenolic OH excluding ortho intramolecular Hbond substituents is 1. The van der Waals surface area contributed by atoms with E-state index in [9.17, 15) is 24.6 Å². The number of carboxylic acid groups (broad SMARTS) is 1. The van der Waals surface area contributed by atoms with Crippen LogP contribution in [0.3, 0.4) is 0 Å². The minimum absolute atomic E-state index is 0.0544. The van der Waals surface area contributed by atoms with Gasteiger partial charge in [0.1, 0.15) is 28.4 Å². The van der Waals surface area contributed by atoms with Crippen molar-refractivity contribution >= 4 is 23.6 Å². The number of ether oxygens (including phenoxy) is 3. The van der Waals surface area contributed by atoms with Gasteiger partial charge in [-0.2, -0.15) is 0 Å². The fraction of sp³-hybridized carbons (Fsp3) is 0.500. The SMILES string of the molecule is CC(C)=CCCC1(C)C=Cc2c(O)c3c(c(CC=C(C)C)c2O1)O[C@]12C(=C[C@@H]4C[C@H]1C(C)(C)O[C@@]2(C/C=C(/C)C(=O)O)C4=O)C3=O. The Morgan fingerprint density at radius 3 is 2.35 bits per heavy atom. The highest BCUT2D eigenvalue weighted by Gasteiger charge is 2.81. The summed E-state index contributed by atoms with van der Waals surface area (Å²) in [7, 11) is 0. The lowest BCUT2D eigenvalue weighted by molar-refractivity contribution is -0.171. The van der Waals surface area contributed by atoms with E-state index in [1.807, 2.05) is 52.8 Å². The van der Waals surface area contributed by atoms with Gasteiger partial charge in [-0.15, -0.1) is 0 Å².